The molecule has 1 rings (SSSR count). The van der Waals surface area contributed by atoms with Gasteiger partial charge in [0, 0.05) is 27.6 Å². The van der Waals surface area contributed by atoms with Crippen molar-refractivity contribution in [2.45, 2.75) is 65.1 Å². The van der Waals surface area contributed by atoms with E-state index in [1.54, 1.807) is 14.2 Å². The second-order valence-corrected chi connectivity index (χ2v) is 6.23. The maximum atomic E-state index is 11.5. The number of benzene rings is 1. The van der Waals surface area contributed by atoms with Gasteiger partial charge < -0.3 is 19.5 Å². The minimum Gasteiger partial charge on any atom is -0.491 e. The second kappa shape index (κ2) is 12.7. The fraction of sp³-hybridized carbons (Fsp3) is 0.650. The maximum Gasteiger partial charge on any atom is 0.221 e. The summed E-state index contributed by atoms with van der Waals surface area (Å²) in [6.07, 6.45) is 7.62. The lowest BCUT2D eigenvalue weighted by atomic mass is 10.1. The third-order valence-corrected chi connectivity index (χ3v) is 4.04. The fourth-order valence-corrected chi connectivity index (χ4v) is 2.64. The molecule has 1 amide bonds. The van der Waals surface area contributed by atoms with Crippen molar-refractivity contribution in [2.24, 2.45) is 0 Å². The molecule has 142 valence electrons. The smallest absolute Gasteiger partial charge is 0.221 e. The zero-order chi connectivity index (χ0) is 18.5. The number of unbranched alkanes of at least 4 members (excludes halogenated alkanes) is 5. The normalized spacial score (nSPS) is 10.9. The number of rotatable bonds is 13. The van der Waals surface area contributed by atoms with Crippen molar-refractivity contribution >= 4 is 11.6 Å². The highest BCUT2D eigenvalue weighted by Crippen LogP contribution is 2.27. The minimum absolute atomic E-state index is 0.114. The summed E-state index contributed by atoms with van der Waals surface area (Å²) >= 11 is 0. The molecule has 1 N–H and O–H groups in total. The van der Waals surface area contributed by atoms with Gasteiger partial charge in [-0.05, 0) is 24.1 Å². The molecule has 0 bridgehead atoms. The largest absolute Gasteiger partial charge is 0.491 e. The Balaban J connectivity index is 2.60. The first-order valence-corrected chi connectivity index (χ1v) is 9.19. The molecule has 0 aliphatic carbocycles. The molecular weight excluding hydrogens is 318 g/mol. The van der Waals surface area contributed by atoms with E-state index in [4.69, 9.17) is 14.2 Å². The summed E-state index contributed by atoms with van der Waals surface area (Å²) < 4.78 is 16.3. The molecule has 0 aliphatic heterocycles. The average Bonchev–Trinajstić information content (AvgIpc) is 2.59. The SMILES string of the molecule is CCCCCCCCOc1ccc(CC(OC)OC)cc1NC(C)=O. The van der Waals surface area contributed by atoms with Gasteiger partial charge in [-0.25, -0.2) is 0 Å². The molecule has 0 unspecified atom stereocenters. The van der Waals surface area contributed by atoms with E-state index in [1.807, 2.05) is 18.2 Å². The highest BCUT2D eigenvalue weighted by atomic mass is 16.7. The molecule has 0 atom stereocenters. The summed E-state index contributed by atoms with van der Waals surface area (Å²) in [7, 11) is 3.22. The molecule has 0 aromatic heterocycles. The molecule has 5 heteroatoms. The zero-order valence-corrected chi connectivity index (χ0v) is 16.1. The Hall–Kier alpha value is -1.59. The molecule has 0 spiro atoms. The van der Waals surface area contributed by atoms with Gasteiger partial charge in [-0.3, -0.25) is 4.79 Å². The van der Waals surface area contributed by atoms with Gasteiger partial charge in [-0.15, -0.1) is 0 Å². The molecule has 0 heterocycles. The lowest BCUT2D eigenvalue weighted by Gasteiger charge is -2.16. The lowest BCUT2D eigenvalue weighted by Crippen LogP contribution is -2.16. The molecule has 0 aliphatic rings. The molecule has 0 radical (unpaired) electrons. The van der Waals surface area contributed by atoms with Crippen LogP contribution in [0.15, 0.2) is 18.2 Å². The van der Waals surface area contributed by atoms with Crippen LogP contribution in [0.25, 0.3) is 0 Å². The number of anilines is 1. The van der Waals surface area contributed by atoms with Crippen molar-refractivity contribution in [1.29, 1.82) is 0 Å². The molecule has 0 fully saturated rings. The summed E-state index contributed by atoms with van der Waals surface area (Å²) in [5, 5.41) is 2.85. The third kappa shape index (κ3) is 8.89. The van der Waals surface area contributed by atoms with Crippen LogP contribution in [0.5, 0.6) is 5.75 Å². The Bertz CT molecular complexity index is 500. The number of hydrogen-bond donors (Lipinski definition) is 1. The van der Waals surface area contributed by atoms with E-state index < -0.39 is 0 Å². The predicted octanol–water partition coefficient (Wildman–Crippen LogP) is 4.55. The monoisotopic (exact) mass is 351 g/mol. The summed E-state index contributed by atoms with van der Waals surface area (Å²) in [5.41, 5.74) is 1.71. The molecule has 0 saturated heterocycles. The van der Waals surface area contributed by atoms with E-state index in [-0.39, 0.29) is 12.2 Å². The summed E-state index contributed by atoms with van der Waals surface area (Å²) in [6, 6.07) is 5.80. The first-order chi connectivity index (χ1) is 12.1. The van der Waals surface area contributed by atoms with Gasteiger partial charge in [0.1, 0.15) is 5.75 Å². The molecule has 0 saturated carbocycles. The van der Waals surface area contributed by atoms with Crippen LogP contribution in [0.1, 0.15) is 57.9 Å². The van der Waals surface area contributed by atoms with E-state index in [2.05, 4.69) is 12.2 Å². The molecular formula is C20H33NO4. The number of ether oxygens (including phenoxy) is 3. The predicted molar refractivity (Wildman–Crippen MR) is 101 cm³/mol. The van der Waals surface area contributed by atoms with Crippen LogP contribution in [0.3, 0.4) is 0 Å². The van der Waals surface area contributed by atoms with Crippen LogP contribution in [0.2, 0.25) is 0 Å². The van der Waals surface area contributed by atoms with Gasteiger partial charge in [0.05, 0.1) is 12.3 Å². The Labute approximate surface area is 152 Å². The second-order valence-electron chi connectivity index (χ2n) is 6.23. The van der Waals surface area contributed by atoms with Crippen molar-refractivity contribution in [2.75, 3.05) is 26.1 Å². The number of carbonyl (C=O) groups is 1. The van der Waals surface area contributed by atoms with Crippen LogP contribution in [0.4, 0.5) is 5.69 Å². The molecule has 1 aromatic carbocycles. The minimum atomic E-state index is -0.305. The van der Waals surface area contributed by atoms with E-state index in [9.17, 15) is 4.79 Å². The van der Waals surface area contributed by atoms with Gasteiger partial charge in [-0.2, -0.15) is 0 Å². The van der Waals surface area contributed by atoms with Crippen LogP contribution < -0.4 is 10.1 Å². The van der Waals surface area contributed by atoms with Crippen molar-refractivity contribution in [3.63, 3.8) is 0 Å². The quantitative estimate of drug-likeness (QED) is 0.418. The standard InChI is InChI=1S/C20H33NO4/c1-5-6-7-8-9-10-13-25-19-12-11-17(15-20(23-3)24-4)14-18(19)21-16(2)22/h11-12,14,20H,5-10,13,15H2,1-4H3,(H,21,22). The van der Waals surface area contributed by atoms with Crippen LogP contribution in [0, 0.1) is 0 Å². The molecule has 5 nitrogen and oxygen atoms in total. The van der Waals surface area contributed by atoms with Crippen molar-refractivity contribution in [1.82, 2.24) is 0 Å². The Morgan fingerprint density at radius 2 is 1.76 bits per heavy atom. The van der Waals surface area contributed by atoms with Gasteiger partial charge in [0.25, 0.3) is 0 Å². The van der Waals surface area contributed by atoms with Crippen molar-refractivity contribution in [3.8, 4) is 5.75 Å². The summed E-state index contributed by atoms with van der Waals surface area (Å²) in [6.45, 7) is 4.38. The van der Waals surface area contributed by atoms with Crippen molar-refractivity contribution < 1.29 is 19.0 Å². The van der Waals surface area contributed by atoms with Gasteiger partial charge >= 0.3 is 0 Å². The van der Waals surface area contributed by atoms with Crippen LogP contribution in [-0.4, -0.2) is 33.0 Å². The average molecular weight is 351 g/mol. The third-order valence-electron chi connectivity index (χ3n) is 4.04. The number of nitrogens with one attached hydrogen (secondary N) is 1. The van der Waals surface area contributed by atoms with Gasteiger partial charge in [0.2, 0.25) is 5.91 Å². The summed E-state index contributed by atoms with van der Waals surface area (Å²) in [5.74, 6) is 0.593. The number of hydrogen-bond acceptors (Lipinski definition) is 4. The van der Waals surface area contributed by atoms with E-state index in [0.29, 0.717) is 24.5 Å². The van der Waals surface area contributed by atoms with Crippen molar-refractivity contribution in [3.05, 3.63) is 23.8 Å². The highest BCUT2D eigenvalue weighted by molar-refractivity contribution is 5.90. The molecule has 1 aromatic rings. The maximum absolute atomic E-state index is 11.5. The van der Waals surface area contributed by atoms with Crippen LogP contribution in [-0.2, 0) is 20.7 Å². The fourth-order valence-electron chi connectivity index (χ4n) is 2.64. The first kappa shape index (κ1) is 21.5. The van der Waals surface area contributed by atoms with Crippen LogP contribution >= 0.6 is 0 Å². The van der Waals surface area contributed by atoms with Gasteiger partial charge in [-0.1, -0.05) is 45.1 Å². The molecule has 25 heavy (non-hydrogen) atoms. The Kier molecular flexibility index (Phi) is 10.9. The van der Waals surface area contributed by atoms with Gasteiger partial charge in [0.15, 0.2) is 6.29 Å². The summed E-state index contributed by atoms with van der Waals surface area (Å²) in [4.78, 5) is 11.5. The van der Waals surface area contributed by atoms with E-state index >= 15 is 0 Å². The topological polar surface area (TPSA) is 56.8 Å². The number of methoxy groups -OCH3 is 2. The lowest BCUT2D eigenvalue weighted by molar-refractivity contribution is -0.114. The Morgan fingerprint density at radius 3 is 2.40 bits per heavy atom. The van der Waals surface area contributed by atoms with E-state index in [1.165, 1.54) is 39.0 Å². The highest BCUT2D eigenvalue weighted by Gasteiger charge is 2.11. The Morgan fingerprint density at radius 1 is 1.08 bits per heavy atom. The number of carbonyl (C=O) groups excluding carboxylic acids is 1. The van der Waals surface area contributed by atoms with E-state index in [0.717, 1.165) is 12.0 Å². The number of amides is 1. The first-order valence-electron chi connectivity index (χ1n) is 9.19. The zero-order valence-electron chi connectivity index (χ0n) is 16.1.